The third kappa shape index (κ3) is 2.85. The summed E-state index contributed by atoms with van der Waals surface area (Å²) in [5.41, 5.74) is 7.23. The molecule has 0 amide bonds. The van der Waals surface area contributed by atoms with Gasteiger partial charge in [-0.25, -0.2) is 15.0 Å². The molecule has 0 spiro atoms. The Morgan fingerprint density at radius 2 is 1.94 bits per heavy atom. The number of aromatic nitrogens is 3. The molecule has 88 valence electrons. The summed E-state index contributed by atoms with van der Waals surface area (Å²) in [6.07, 6.45) is 3.54. The van der Waals surface area contributed by atoms with Gasteiger partial charge >= 0.3 is 0 Å². The van der Waals surface area contributed by atoms with Crippen molar-refractivity contribution in [1.29, 1.82) is 0 Å². The van der Waals surface area contributed by atoms with Gasteiger partial charge in [-0.1, -0.05) is 0 Å². The van der Waals surface area contributed by atoms with Crippen molar-refractivity contribution in [2.75, 3.05) is 12.8 Å². The fourth-order valence-electron chi connectivity index (χ4n) is 1.18. The van der Waals surface area contributed by atoms with Gasteiger partial charge in [0.25, 0.3) is 0 Å². The molecule has 2 aromatic heterocycles. The molecule has 0 atom stereocenters. The molecule has 2 rings (SSSR count). The van der Waals surface area contributed by atoms with Gasteiger partial charge in [0, 0.05) is 12.4 Å². The summed E-state index contributed by atoms with van der Waals surface area (Å²) in [6.45, 7) is 1.94. The first-order valence-corrected chi connectivity index (χ1v) is 5.77. The molecule has 0 radical (unpaired) electrons. The van der Waals surface area contributed by atoms with Crippen LogP contribution in [0, 0.1) is 6.92 Å². The summed E-state index contributed by atoms with van der Waals surface area (Å²) in [4.78, 5) is 12.6. The Balaban J connectivity index is 2.21. The minimum atomic E-state index is 0.419. The lowest BCUT2D eigenvalue weighted by Crippen LogP contribution is -1.96. The van der Waals surface area contributed by atoms with Gasteiger partial charge in [0.2, 0.25) is 5.88 Å². The molecule has 5 nitrogen and oxygen atoms in total. The number of nitrogens with zero attached hydrogens (tertiary/aromatic N) is 3. The van der Waals surface area contributed by atoms with Crippen molar-refractivity contribution in [1.82, 2.24) is 15.0 Å². The van der Waals surface area contributed by atoms with E-state index in [1.807, 2.05) is 13.0 Å². The lowest BCUT2D eigenvalue weighted by atomic mass is 10.4. The molecule has 0 unspecified atom stereocenters. The highest BCUT2D eigenvalue weighted by molar-refractivity contribution is 7.99. The Morgan fingerprint density at radius 1 is 1.24 bits per heavy atom. The van der Waals surface area contributed by atoms with Gasteiger partial charge in [0.05, 0.1) is 12.8 Å². The van der Waals surface area contributed by atoms with Crippen LogP contribution in [-0.4, -0.2) is 22.1 Å². The second-order valence-corrected chi connectivity index (χ2v) is 4.38. The Morgan fingerprint density at radius 3 is 2.59 bits per heavy atom. The van der Waals surface area contributed by atoms with Gasteiger partial charge in [-0.3, -0.25) is 0 Å². The van der Waals surface area contributed by atoms with Crippen molar-refractivity contribution >= 4 is 17.4 Å². The first kappa shape index (κ1) is 11.7. The number of methoxy groups -OCH3 is 1. The van der Waals surface area contributed by atoms with Crippen molar-refractivity contribution in [3.8, 4) is 5.88 Å². The van der Waals surface area contributed by atoms with Crippen LogP contribution in [0.5, 0.6) is 5.88 Å². The van der Waals surface area contributed by atoms with Crippen molar-refractivity contribution in [3.05, 3.63) is 30.1 Å². The van der Waals surface area contributed by atoms with Crippen LogP contribution in [0.1, 0.15) is 5.56 Å². The number of pyridine rings is 1. The Kier molecular flexibility index (Phi) is 3.43. The normalized spacial score (nSPS) is 10.2. The number of nitrogen functional groups attached to an aromatic ring is 1. The van der Waals surface area contributed by atoms with Gasteiger partial charge in [-0.05, 0) is 36.4 Å². The summed E-state index contributed by atoms with van der Waals surface area (Å²) in [5.74, 6) is 0.419. The zero-order valence-electron chi connectivity index (χ0n) is 9.54. The van der Waals surface area contributed by atoms with Crippen molar-refractivity contribution < 1.29 is 4.74 Å². The average Bonchev–Trinajstić information content (AvgIpc) is 2.34. The van der Waals surface area contributed by atoms with Crippen molar-refractivity contribution in [2.45, 2.75) is 17.1 Å². The predicted octanol–water partition coefficient (Wildman–Crippen LogP) is 1.92. The minimum Gasteiger partial charge on any atom is -0.480 e. The van der Waals surface area contributed by atoms with E-state index in [0.717, 1.165) is 10.6 Å². The molecular weight excluding hydrogens is 236 g/mol. The highest BCUT2D eigenvalue weighted by Gasteiger charge is 2.06. The molecule has 2 aromatic rings. The number of nitrogens with two attached hydrogens (primary N) is 1. The average molecular weight is 248 g/mol. The number of ether oxygens (including phenoxy) is 1. The summed E-state index contributed by atoms with van der Waals surface area (Å²) < 4.78 is 5.05. The van der Waals surface area contributed by atoms with Gasteiger partial charge in [0.1, 0.15) is 5.03 Å². The monoisotopic (exact) mass is 248 g/mol. The molecule has 17 heavy (non-hydrogen) atoms. The minimum absolute atomic E-state index is 0.419. The number of hydrogen-bond acceptors (Lipinski definition) is 6. The second kappa shape index (κ2) is 5.01. The zero-order valence-corrected chi connectivity index (χ0v) is 10.4. The van der Waals surface area contributed by atoms with E-state index in [2.05, 4.69) is 15.0 Å². The first-order valence-electron chi connectivity index (χ1n) is 4.96. The smallest absolute Gasteiger partial charge is 0.237 e. The third-order valence-electron chi connectivity index (χ3n) is 2.01. The lowest BCUT2D eigenvalue weighted by Gasteiger charge is -2.05. The quantitative estimate of drug-likeness (QED) is 0.836. The Hall–Kier alpha value is -1.82. The molecule has 0 bridgehead atoms. The highest BCUT2D eigenvalue weighted by Crippen LogP contribution is 2.27. The van der Waals surface area contributed by atoms with Gasteiger partial charge < -0.3 is 10.5 Å². The first-order chi connectivity index (χ1) is 8.19. The van der Waals surface area contributed by atoms with Crippen LogP contribution in [0.15, 0.2) is 34.7 Å². The topological polar surface area (TPSA) is 73.9 Å². The highest BCUT2D eigenvalue weighted by atomic mass is 32.2. The summed E-state index contributed by atoms with van der Waals surface area (Å²) in [5, 5.41) is 1.40. The van der Waals surface area contributed by atoms with E-state index < -0.39 is 0 Å². The van der Waals surface area contributed by atoms with E-state index in [1.165, 1.54) is 18.9 Å². The molecule has 0 aliphatic carbocycles. The van der Waals surface area contributed by atoms with E-state index in [9.17, 15) is 0 Å². The lowest BCUT2D eigenvalue weighted by molar-refractivity contribution is 0.397. The number of anilines is 1. The van der Waals surface area contributed by atoms with Gasteiger partial charge in [-0.2, -0.15) is 0 Å². The molecule has 0 saturated carbocycles. The number of rotatable bonds is 3. The molecule has 0 aliphatic rings. The maximum atomic E-state index is 5.69. The van der Waals surface area contributed by atoms with Crippen LogP contribution in [0.3, 0.4) is 0 Å². The standard InChI is InChI=1S/C11H12N4OS/c1-7-5-13-11(14-6-7)17-9-4-3-8(12)10(15-9)16-2/h3-6H,12H2,1-2H3. The number of aryl methyl sites for hydroxylation is 1. The fraction of sp³-hybridized carbons (Fsp3) is 0.182. The van der Waals surface area contributed by atoms with E-state index in [1.54, 1.807) is 18.5 Å². The van der Waals surface area contributed by atoms with E-state index >= 15 is 0 Å². The summed E-state index contributed by atoms with van der Waals surface area (Å²) in [6, 6.07) is 3.56. The predicted molar refractivity (Wildman–Crippen MR) is 66.1 cm³/mol. The van der Waals surface area contributed by atoms with E-state index in [4.69, 9.17) is 10.5 Å². The molecule has 0 fully saturated rings. The van der Waals surface area contributed by atoms with Crippen LogP contribution < -0.4 is 10.5 Å². The maximum Gasteiger partial charge on any atom is 0.237 e. The van der Waals surface area contributed by atoms with Crippen LogP contribution in [-0.2, 0) is 0 Å². The van der Waals surface area contributed by atoms with Crippen molar-refractivity contribution in [2.24, 2.45) is 0 Å². The number of hydrogen-bond donors (Lipinski definition) is 1. The van der Waals surface area contributed by atoms with Crippen molar-refractivity contribution in [3.63, 3.8) is 0 Å². The Labute approximate surface area is 103 Å². The second-order valence-electron chi connectivity index (χ2n) is 3.39. The zero-order chi connectivity index (χ0) is 12.3. The van der Waals surface area contributed by atoms with E-state index in [0.29, 0.717) is 16.7 Å². The molecule has 0 saturated heterocycles. The molecule has 6 heteroatoms. The molecule has 0 aliphatic heterocycles. The maximum absolute atomic E-state index is 5.69. The molecule has 2 N–H and O–H groups in total. The van der Waals surface area contributed by atoms with Crippen LogP contribution >= 0.6 is 11.8 Å². The van der Waals surface area contributed by atoms with Gasteiger partial charge in [0.15, 0.2) is 5.16 Å². The van der Waals surface area contributed by atoms with Crippen LogP contribution in [0.4, 0.5) is 5.69 Å². The molecular formula is C11H12N4OS. The SMILES string of the molecule is COc1nc(Sc2ncc(C)cn2)ccc1N. The third-order valence-corrected chi connectivity index (χ3v) is 2.84. The summed E-state index contributed by atoms with van der Waals surface area (Å²) >= 11 is 1.37. The van der Waals surface area contributed by atoms with Gasteiger partial charge in [-0.15, -0.1) is 0 Å². The Bertz CT molecular complexity index is 515. The largest absolute Gasteiger partial charge is 0.480 e. The van der Waals surface area contributed by atoms with Crippen LogP contribution in [0.2, 0.25) is 0 Å². The molecule has 0 aromatic carbocycles. The van der Waals surface area contributed by atoms with Crippen LogP contribution in [0.25, 0.3) is 0 Å². The fourth-order valence-corrected chi connectivity index (χ4v) is 1.84. The molecule has 2 heterocycles. The summed E-state index contributed by atoms with van der Waals surface area (Å²) in [7, 11) is 1.54. The van der Waals surface area contributed by atoms with E-state index in [-0.39, 0.29) is 0 Å².